The third kappa shape index (κ3) is 1.71. The van der Waals surface area contributed by atoms with Crippen LogP contribution in [0.1, 0.15) is 65.2 Å². The largest absolute Gasteiger partial charge is 0.300 e. The van der Waals surface area contributed by atoms with E-state index in [1.54, 1.807) is 0 Å². The molecule has 6 atom stereocenters. The van der Waals surface area contributed by atoms with Crippen molar-refractivity contribution in [1.82, 2.24) is 0 Å². The first-order valence-electron chi connectivity index (χ1n) is 8.94. The number of carbonyl (C=O) groups excluding carboxylic acids is 3. The summed E-state index contributed by atoms with van der Waals surface area (Å²) in [5, 5.41) is 0. The van der Waals surface area contributed by atoms with E-state index < -0.39 is 0 Å². The van der Waals surface area contributed by atoms with Crippen molar-refractivity contribution in [3.63, 3.8) is 0 Å². The molecule has 120 valence electrons. The predicted molar refractivity (Wildman–Crippen MR) is 82.1 cm³/mol. The van der Waals surface area contributed by atoms with Crippen LogP contribution in [0.5, 0.6) is 0 Å². The lowest BCUT2D eigenvalue weighted by Gasteiger charge is -2.58. The summed E-state index contributed by atoms with van der Waals surface area (Å²) < 4.78 is 0. The maximum absolute atomic E-state index is 12.9. The van der Waals surface area contributed by atoms with Gasteiger partial charge < -0.3 is 0 Å². The van der Waals surface area contributed by atoms with Crippen molar-refractivity contribution in [2.24, 2.45) is 34.5 Å². The van der Waals surface area contributed by atoms with E-state index in [0.29, 0.717) is 43.0 Å². The molecule has 3 nitrogen and oxygen atoms in total. The van der Waals surface area contributed by atoms with Gasteiger partial charge in [-0.25, -0.2) is 0 Å². The van der Waals surface area contributed by atoms with E-state index in [0.717, 1.165) is 25.7 Å². The van der Waals surface area contributed by atoms with Crippen LogP contribution >= 0.6 is 0 Å². The normalized spacial score (nSPS) is 51.3. The molecule has 0 amide bonds. The van der Waals surface area contributed by atoms with Crippen molar-refractivity contribution in [1.29, 1.82) is 0 Å². The van der Waals surface area contributed by atoms with Gasteiger partial charge in [0, 0.05) is 37.0 Å². The highest BCUT2D eigenvalue weighted by molar-refractivity contribution is 5.92. The summed E-state index contributed by atoms with van der Waals surface area (Å²) in [4.78, 5) is 37.6. The molecule has 0 spiro atoms. The molecular formula is C19H26O3. The molecule has 0 aromatic carbocycles. The Labute approximate surface area is 132 Å². The van der Waals surface area contributed by atoms with Gasteiger partial charge >= 0.3 is 0 Å². The monoisotopic (exact) mass is 302 g/mol. The minimum Gasteiger partial charge on any atom is -0.300 e. The molecule has 0 N–H and O–H groups in total. The van der Waals surface area contributed by atoms with Gasteiger partial charge in [-0.05, 0) is 42.4 Å². The molecule has 22 heavy (non-hydrogen) atoms. The number of Topliss-reactive ketones (excluding diaryl/α,β-unsaturated/α-hetero) is 3. The zero-order valence-corrected chi connectivity index (χ0v) is 13.7. The van der Waals surface area contributed by atoms with Crippen molar-refractivity contribution >= 4 is 17.3 Å². The summed E-state index contributed by atoms with van der Waals surface area (Å²) in [6, 6.07) is 0. The van der Waals surface area contributed by atoms with Gasteiger partial charge in [-0.3, -0.25) is 14.4 Å². The molecule has 0 bridgehead atoms. The Morgan fingerprint density at radius 3 is 2.50 bits per heavy atom. The van der Waals surface area contributed by atoms with Crippen LogP contribution in [0, 0.1) is 34.5 Å². The first-order chi connectivity index (χ1) is 10.4. The molecule has 4 aliphatic rings. The highest BCUT2D eigenvalue weighted by Gasteiger charge is 2.63. The Hall–Kier alpha value is -0.990. The van der Waals surface area contributed by atoms with Crippen molar-refractivity contribution in [2.45, 2.75) is 65.2 Å². The van der Waals surface area contributed by atoms with Crippen molar-refractivity contribution in [2.75, 3.05) is 0 Å². The van der Waals surface area contributed by atoms with E-state index in [2.05, 4.69) is 13.8 Å². The molecule has 4 saturated carbocycles. The van der Waals surface area contributed by atoms with Gasteiger partial charge in [0.1, 0.15) is 17.3 Å². The number of ketones is 3. The number of carbonyl (C=O) groups is 3. The quantitative estimate of drug-likeness (QED) is 0.689. The zero-order valence-electron chi connectivity index (χ0n) is 13.7. The first-order valence-corrected chi connectivity index (χ1v) is 8.94. The van der Waals surface area contributed by atoms with E-state index in [4.69, 9.17) is 0 Å². The smallest absolute Gasteiger partial charge is 0.139 e. The van der Waals surface area contributed by atoms with Crippen LogP contribution < -0.4 is 0 Å². The lowest BCUT2D eigenvalue weighted by atomic mass is 9.45. The van der Waals surface area contributed by atoms with Crippen molar-refractivity contribution < 1.29 is 14.4 Å². The van der Waals surface area contributed by atoms with Crippen molar-refractivity contribution in [3.05, 3.63) is 0 Å². The Morgan fingerprint density at radius 1 is 0.955 bits per heavy atom. The molecule has 4 rings (SSSR count). The lowest BCUT2D eigenvalue weighted by molar-refractivity contribution is -0.163. The van der Waals surface area contributed by atoms with Gasteiger partial charge in [0.15, 0.2) is 0 Å². The molecule has 0 aliphatic heterocycles. The highest BCUT2D eigenvalue weighted by atomic mass is 16.1. The van der Waals surface area contributed by atoms with Crippen LogP contribution in [0.15, 0.2) is 0 Å². The second-order valence-corrected chi connectivity index (χ2v) is 8.79. The summed E-state index contributed by atoms with van der Waals surface area (Å²) in [5.41, 5.74) is -0.226. The minimum atomic E-state index is -0.246. The van der Waals surface area contributed by atoms with Crippen LogP contribution in [0.3, 0.4) is 0 Å². The highest BCUT2D eigenvalue weighted by Crippen LogP contribution is 2.63. The van der Waals surface area contributed by atoms with E-state index in [1.165, 1.54) is 0 Å². The number of fused-ring (bicyclic) bond motifs is 5. The number of hydrogen-bond acceptors (Lipinski definition) is 3. The molecule has 3 heteroatoms. The van der Waals surface area contributed by atoms with Crippen LogP contribution in [0.2, 0.25) is 0 Å². The Morgan fingerprint density at radius 2 is 1.73 bits per heavy atom. The van der Waals surface area contributed by atoms with Crippen LogP contribution in [0.25, 0.3) is 0 Å². The second-order valence-electron chi connectivity index (χ2n) is 8.79. The second kappa shape index (κ2) is 4.52. The molecule has 4 fully saturated rings. The van der Waals surface area contributed by atoms with Crippen LogP contribution in [-0.2, 0) is 14.4 Å². The van der Waals surface area contributed by atoms with Crippen LogP contribution in [-0.4, -0.2) is 17.3 Å². The van der Waals surface area contributed by atoms with Gasteiger partial charge in [-0.15, -0.1) is 0 Å². The summed E-state index contributed by atoms with van der Waals surface area (Å²) in [6.45, 7) is 4.37. The fourth-order valence-corrected chi connectivity index (χ4v) is 6.44. The predicted octanol–water partition coefficient (Wildman–Crippen LogP) is 3.35. The third-order valence-electron chi connectivity index (χ3n) is 7.95. The zero-order chi connectivity index (χ0) is 15.7. The Bertz CT molecular complexity index is 565. The summed E-state index contributed by atoms with van der Waals surface area (Å²) in [7, 11) is 0. The Balaban J connectivity index is 1.75. The standard InChI is InChI=1S/C19H26O3/c1-18-7-5-12(20)8-11(18)9-15(21)17-13-4-3-6-19(13,2)16(22)10-14(17)18/h11,13-14,17H,3-10H2,1-2H3/t11?,13?,14?,17?,18-,19+/m1/s1. The van der Waals surface area contributed by atoms with Gasteiger partial charge in [0.05, 0.1) is 0 Å². The summed E-state index contributed by atoms with van der Waals surface area (Å²) >= 11 is 0. The fraction of sp³-hybridized carbons (Fsp3) is 0.842. The molecule has 4 unspecified atom stereocenters. The third-order valence-corrected chi connectivity index (χ3v) is 7.95. The van der Waals surface area contributed by atoms with E-state index in [9.17, 15) is 14.4 Å². The molecular weight excluding hydrogens is 276 g/mol. The molecule has 4 aliphatic carbocycles. The number of rotatable bonds is 0. The molecule has 0 saturated heterocycles. The minimum absolute atomic E-state index is 0.0199. The van der Waals surface area contributed by atoms with Gasteiger partial charge in [0.2, 0.25) is 0 Å². The van der Waals surface area contributed by atoms with E-state index in [1.807, 2.05) is 0 Å². The number of hydrogen-bond donors (Lipinski definition) is 0. The molecule has 0 aromatic heterocycles. The van der Waals surface area contributed by atoms with Gasteiger partial charge in [0.25, 0.3) is 0 Å². The van der Waals surface area contributed by atoms with E-state index in [-0.39, 0.29) is 34.5 Å². The fourth-order valence-electron chi connectivity index (χ4n) is 6.44. The average Bonchev–Trinajstić information content (AvgIpc) is 2.85. The summed E-state index contributed by atoms with van der Waals surface area (Å²) in [6.07, 6.45) is 6.31. The van der Waals surface area contributed by atoms with E-state index >= 15 is 0 Å². The average molecular weight is 302 g/mol. The summed E-state index contributed by atoms with van der Waals surface area (Å²) in [5.74, 6) is 1.77. The molecule has 0 heterocycles. The van der Waals surface area contributed by atoms with Crippen molar-refractivity contribution in [3.8, 4) is 0 Å². The first kappa shape index (κ1) is 14.6. The lowest BCUT2D eigenvalue weighted by Crippen LogP contribution is -2.58. The topological polar surface area (TPSA) is 51.2 Å². The van der Waals surface area contributed by atoms with Gasteiger partial charge in [-0.1, -0.05) is 20.3 Å². The SMILES string of the molecule is C[C@@]12CCC(=O)CC1CC(=O)C1C2CC(=O)[C@@]2(C)CCCC12. The maximum atomic E-state index is 12.9. The Kier molecular flexibility index (Phi) is 3.00. The maximum Gasteiger partial charge on any atom is 0.139 e. The molecule has 0 aromatic rings. The van der Waals surface area contributed by atoms with Crippen LogP contribution in [0.4, 0.5) is 0 Å². The van der Waals surface area contributed by atoms with Gasteiger partial charge in [-0.2, -0.15) is 0 Å². The molecule has 0 radical (unpaired) electrons.